The third-order valence-electron chi connectivity index (χ3n) is 4.03. The Balaban J connectivity index is 1.98. The third kappa shape index (κ3) is 5.02. The third-order valence-corrected chi connectivity index (χ3v) is 5.16. The molecular formula is C16H25N3O4S. The summed E-state index contributed by atoms with van der Waals surface area (Å²) in [6.07, 6.45) is 3.12. The molecule has 0 aromatic heterocycles. The van der Waals surface area contributed by atoms with Gasteiger partial charge in [-0.15, -0.1) is 0 Å². The molecule has 0 bridgehead atoms. The molecule has 1 fully saturated rings. The average Bonchev–Trinajstić information content (AvgIpc) is 3.28. The van der Waals surface area contributed by atoms with Gasteiger partial charge in [0.05, 0.1) is 20.0 Å². The Labute approximate surface area is 143 Å². The van der Waals surface area contributed by atoms with Crippen LogP contribution in [0.1, 0.15) is 12.8 Å². The molecule has 1 aromatic carbocycles. The number of guanidine groups is 1. The standard InChI is InChI=1S/C16H25N3O4S/c1-17-15(18-10-16(7-8-16)11-24(4,20)21)19-12-5-6-13(22-2)14(9-12)23-3/h5-6,9H,7-8,10-11H2,1-4H3,(H2,17,18,19). The van der Waals surface area contributed by atoms with Gasteiger partial charge >= 0.3 is 0 Å². The number of rotatable bonds is 7. The molecule has 1 saturated carbocycles. The molecule has 7 nitrogen and oxygen atoms in total. The summed E-state index contributed by atoms with van der Waals surface area (Å²) >= 11 is 0. The topological polar surface area (TPSA) is 89.0 Å². The number of hydrogen-bond acceptors (Lipinski definition) is 5. The summed E-state index contributed by atoms with van der Waals surface area (Å²) in [7, 11) is 1.86. The predicted octanol–water partition coefficient (Wildman–Crippen LogP) is 1.52. The van der Waals surface area contributed by atoms with Gasteiger partial charge in [-0.1, -0.05) is 0 Å². The molecule has 0 unspecified atom stereocenters. The fourth-order valence-electron chi connectivity index (χ4n) is 2.61. The fourth-order valence-corrected chi connectivity index (χ4v) is 4.11. The smallest absolute Gasteiger partial charge is 0.195 e. The molecule has 0 amide bonds. The summed E-state index contributed by atoms with van der Waals surface area (Å²) in [5.41, 5.74) is 0.636. The lowest BCUT2D eigenvalue weighted by Gasteiger charge is -2.18. The highest BCUT2D eigenvalue weighted by Gasteiger charge is 2.45. The van der Waals surface area contributed by atoms with Crippen LogP contribution in [-0.2, 0) is 9.84 Å². The second-order valence-corrected chi connectivity index (χ2v) is 8.33. The van der Waals surface area contributed by atoms with E-state index in [0.29, 0.717) is 24.0 Å². The summed E-state index contributed by atoms with van der Waals surface area (Å²) in [4.78, 5) is 4.18. The largest absolute Gasteiger partial charge is 0.493 e. The van der Waals surface area contributed by atoms with Crippen molar-refractivity contribution < 1.29 is 17.9 Å². The van der Waals surface area contributed by atoms with Crippen LogP contribution < -0.4 is 20.1 Å². The van der Waals surface area contributed by atoms with E-state index in [1.165, 1.54) is 6.26 Å². The molecule has 0 radical (unpaired) electrons. The quantitative estimate of drug-likeness (QED) is 0.569. The summed E-state index contributed by atoms with van der Waals surface area (Å²) in [6, 6.07) is 5.48. The fraction of sp³-hybridized carbons (Fsp3) is 0.562. The zero-order chi connectivity index (χ0) is 17.8. The van der Waals surface area contributed by atoms with Crippen molar-refractivity contribution in [2.75, 3.05) is 45.1 Å². The molecule has 134 valence electrons. The molecule has 0 saturated heterocycles. The highest BCUT2D eigenvalue weighted by Crippen LogP contribution is 2.46. The first-order valence-electron chi connectivity index (χ1n) is 7.68. The van der Waals surface area contributed by atoms with Crippen molar-refractivity contribution in [3.63, 3.8) is 0 Å². The van der Waals surface area contributed by atoms with E-state index in [4.69, 9.17) is 9.47 Å². The minimum atomic E-state index is -2.98. The Bertz CT molecular complexity index is 712. The lowest BCUT2D eigenvalue weighted by atomic mass is 10.1. The molecule has 2 rings (SSSR count). The number of anilines is 1. The number of methoxy groups -OCH3 is 2. The van der Waals surface area contributed by atoms with E-state index in [0.717, 1.165) is 18.5 Å². The Morgan fingerprint density at radius 3 is 2.42 bits per heavy atom. The van der Waals surface area contributed by atoms with E-state index in [1.807, 2.05) is 12.1 Å². The number of ether oxygens (including phenoxy) is 2. The van der Waals surface area contributed by atoms with Gasteiger partial charge < -0.3 is 20.1 Å². The Morgan fingerprint density at radius 2 is 1.92 bits per heavy atom. The van der Waals surface area contributed by atoms with Crippen molar-refractivity contribution in [1.29, 1.82) is 0 Å². The van der Waals surface area contributed by atoms with Crippen LogP contribution in [0.3, 0.4) is 0 Å². The van der Waals surface area contributed by atoms with Crippen LogP contribution in [0.15, 0.2) is 23.2 Å². The lowest BCUT2D eigenvalue weighted by molar-refractivity contribution is 0.355. The maximum absolute atomic E-state index is 11.5. The van der Waals surface area contributed by atoms with Crippen molar-refractivity contribution in [2.45, 2.75) is 12.8 Å². The minimum Gasteiger partial charge on any atom is -0.493 e. The molecule has 24 heavy (non-hydrogen) atoms. The number of benzene rings is 1. The second-order valence-electron chi connectivity index (χ2n) is 6.19. The first-order chi connectivity index (χ1) is 11.3. The van der Waals surface area contributed by atoms with Gasteiger partial charge in [-0.05, 0) is 25.0 Å². The van der Waals surface area contributed by atoms with Gasteiger partial charge in [-0.3, -0.25) is 4.99 Å². The molecule has 0 heterocycles. The van der Waals surface area contributed by atoms with E-state index in [2.05, 4.69) is 15.6 Å². The van der Waals surface area contributed by atoms with Crippen molar-refractivity contribution in [1.82, 2.24) is 5.32 Å². The van der Waals surface area contributed by atoms with Gasteiger partial charge in [0.1, 0.15) is 9.84 Å². The summed E-state index contributed by atoms with van der Waals surface area (Å²) in [6.45, 7) is 0.576. The molecular weight excluding hydrogens is 330 g/mol. The van der Waals surface area contributed by atoms with Crippen molar-refractivity contribution >= 4 is 21.5 Å². The van der Waals surface area contributed by atoms with Crippen LogP contribution in [-0.4, -0.2) is 54.2 Å². The van der Waals surface area contributed by atoms with Crippen molar-refractivity contribution in [3.8, 4) is 11.5 Å². The second kappa shape index (κ2) is 7.29. The lowest BCUT2D eigenvalue weighted by Crippen LogP contribution is -2.37. The normalized spacial score (nSPS) is 16.4. The Kier molecular flexibility index (Phi) is 5.58. The van der Waals surface area contributed by atoms with Crippen LogP contribution >= 0.6 is 0 Å². The van der Waals surface area contributed by atoms with E-state index in [-0.39, 0.29) is 11.2 Å². The molecule has 8 heteroatoms. The van der Waals surface area contributed by atoms with Crippen LogP contribution in [0.25, 0.3) is 0 Å². The van der Waals surface area contributed by atoms with Gasteiger partial charge in [0.25, 0.3) is 0 Å². The maximum atomic E-state index is 11.5. The summed E-state index contributed by atoms with van der Waals surface area (Å²) in [5.74, 6) is 2.06. The molecule has 1 aliphatic rings. The molecule has 1 aliphatic carbocycles. The molecule has 0 aliphatic heterocycles. The first-order valence-corrected chi connectivity index (χ1v) is 9.74. The molecule has 2 N–H and O–H groups in total. The number of nitrogens with zero attached hydrogens (tertiary/aromatic N) is 1. The van der Waals surface area contributed by atoms with Crippen LogP contribution in [0.4, 0.5) is 5.69 Å². The maximum Gasteiger partial charge on any atom is 0.195 e. The summed E-state index contributed by atoms with van der Waals surface area (Å²) in [5, 5.41) is 6.38. The van der Waals surface area contributed by atoms with E-state index in [9.17, 15) is 8.42 Å². The SMILES string of the molecule is CN=C(NCC1(CS(C)(=O)=O)CC1)Nc1ccc(OC)c(OC)c1. The average molecular weight is 355 g/mol. The molecule has 1 aromatic rings. The Hall–Kier alpha value is -1.96. The number of hydrogen-bond donors (Lipinski definition) is 2. The van der Waals surface area contributed by atoms with Crippen molar-refractivity contribution in [2.24, 2.45) is 10.4 Å². The van der Waals surface area contributed by atoms with Crippen LogP contribution in [0, 0.1) is 5.41 Å². The highest BCUT2D eigenvalue weighted by atomic mass is 32.2. The number of aliphatic imine (C=N–C) groups is 1. The summed E-state index contributed by atoms with van der Waals surface area (Å²) < 4.78 is 33.5. The molecule has 0 atom stereocenters. The van der Waals surface area contributed by atoms with Gasteiger partial charge in [-0.25, -0.2) is 8.42 Å². The van der Waals surface area contributed by atoms with Crippen LogP contribution in [0.2, 0.25) is 0 Å². The van der Waals surface area contributed by atoms with Gasteiger partial charge in [0.15, 0.2) is 17.5 Å². The van der Waals surface area contributed by atoms with Crippen LogP contribution in [0.5, 0.6) is 11.5 Å². The number of nitrogens with one attached hydrogen (secondary N) is 2. The number of sulfone groups is 1. The van der Waals surface area contributed by atoms with E-state index in [1.54, 1.807) is 27.3 Å². The molecule has 0 spiro atoms. The van der Waals surface area contributed by atoms with E-state index >= 15 is 0 Å². The zero-order valence-corrected chi connectivity index (χ0v) is 15.4. The van der Waals surface area contributed by atoms with E-state index < -0.39 is 9.84 Å². The van der Waals surface area contributed by atoms with Crippen molar-refractivity contribution in [3.05, 3.63) is 18.2 Å². The zero-order valence-electron chi connectivity index (χ0n) is 14.5. The predicted molar refractivity (Wildman–Crippen MR) is 95.9 cm³/mol. The van der Waals surface area contributed by atoms with Gasteiger partial charge in [-0.2, -0.15) is 0 Å². The Morgan fingerprint density at radius 1 is 1.25 bits per heavy atom. The van der Waals surface area contributed by atoms with Gasteiger partial charge in [0, 0.05) is 37.0 Å². The monoisotopic (exact) mass is 355 g/mol. The highest BCUT2D eigenvalue weighted by molar-refractivity contribution is 7.90. The first kappa shape index (κ1) is 18.4. The minimum absolute atomic E-state index is 0.164. The van der Waals surface area contributed by atoms with Gasteiger partial charge in [0.2, 0.25) is 0 Å².